The smallest absolute Gasteiger partial charge is 0.126 e. The van der Waals surface area contributed by atoms with E-state index in [-0.39, 0.29) is 0 Å². The summed E-state index contributed by atoms with van der Waals surface area (Å²) in [5.41, 5.74) is -0.310. The molecule has 0 radical (unpaired) electrons. The Bertz CT molecular complexity index is 434. The third kappa shape index (κ3) is 4.25. The second-order valence-corrected chi connectivity index (χ2v) is 6.37. The molecule has 20 heavy (non-hydrogen) atoms. The number of rotatable bonds is 4. The van der Waals surface area contributed by atoms with Gasteiger partial charge in [-0.25, -0.2) is 8.78 Å². The highest BCUT2D eigenvalue weighted by atomic mass is 19.1. The Morgan fingerprint density at radius 3 is 2.20 bits per heavy atom. The van der Waals surface area contributed by atoms with Crippen molar-refractivity contribution in [3.8, 4) is 0 Å². The van der Waals surface area contributed by atoms with E-state index in [4.69, 9.17) is 0 Å². The van der Waals surface area contributed by atoms with Gasteiger partial charge in [-0.1, -0.05) is 13.8 Å². The van der Waals surface area contributed by atoms with Crippen LogP contribution in [-0.2, 0) is 6.42 Å². The Hall–Kier alpha value is -1.00. The van der Waals surface area contributed by atoms with E-state index in [1.54, 1.807) is 0 Å². The van der Waals surface area contributed by atoms with Crippen LogP contribution in [0.1, 0.15) is 32.3 Å². The fourth-order valence-corrected chi connectivity index (χ4v) is 2.94. The number of likely N-dealkylation sites (tertiary alicyclic amines) is 1. The average molecular weight is 283 g/mol. The molecule has 4 heteroatoms. The number of piperidine rings is 1. The molecule has 1 aliphatic rings. The maximum Gasteiger partial charge on any atom is 0.126 e. The van der Waals surface area contributed by atoms with E-state index in [1.165, 1.54) is 12.1 Å². The second-order valence-electron chi connectivity index (χ2n) is 6.37. The molecule has 1 aromatic carbocycles. The summed E-state index contributed by atoms with van der Waals surface area (Å²) in [7, 11) is 0. The Balaban J connectivity index is 1.96. The second kappa shape index (κ2) is 6.19. The summed E-state index contributed by atoms with van der Waals surface area (Å²) in [5, 5.41) is 10.6. The van der Waals surface area contributed by atoms with Gasteiger partial charge in [0.2, 0.25) is 0 Å². The van der Waals surface area contributed by atoms with Crippen LogP contribution < -0.4 is 0 Å². The van der Waals surface area contributed by atoms with Crippen LogP contribution >= 0.6 is 0 Å². The van der Waals surface area contributed by atoms with Gasteiger partial charge in [0.1, 0.15) is 11.6 Å². The zero-order valence-electron chi connectivity index (χ0n) is 12.2. The molecule has 2 nitrogen and oxygen atoms in total. The molecule has 0 spiro atoms. The van der Waals surface area contributed by atoms with Crippen molar-refractivity contribution in [2.45, 2.75) is 38.7 Å². The molecule has 0 bridgehead atoms. The summed E-state index contributed by atoms with van der Waals surface area (Å²) < 4.78 is 26.4. The van der Waals surface area contributed by atoms with E-state index in [1.807, 2.05) is 0 Å². The van der Waals surface area contributed by atoms with Crippen LogP contribution in [0, 0.1) is 17.6 Å². The number of hydrogen-bond donors (Lipinski definition) is 1. The third-order valence-corrected chi connectivity index (χ3v) is 3.87. The molecular weight excluding hydrogens is 260 g/mol. The summed E-state index contributed by atoms with van der Waals surface area (Å²) >= 11 is 0. The molecule has 112 valence electrons. The van der Waals surface area contributed by atoms with Gasteiger partial charge >= 0.3 is 0 Å². The van der Waals surface area contributed by atoms with Gasteiger partial charge in [0, 0.05) is 32.1 Å². The van der Waals surface area contributed by atoms with Gasteiger partial charge in [-0.2, -0.15) is 0 Å². The maximum absolute atomic E-state index is 13.2. The molecule has 0 aromatic heterocycles. The monoisotopic (exact) mass is 283 g/mol. The van der Waals surface area contributed by atoms with Crippen molar-refractivity contribution in [2.24, 2.45) is 5.92 Å². The van der Waals surface area contributed by atoms with Gasteiger partial charge in [0.25, 0.3) is 0 Å². The summed E-state index contributed by atoms with van der Waals surface area (Å²) in [4.78, 5) is 2.34. The highest BCUT2D eigenvalue weighted by molar-refractivity contribution is 5.20. The van der Waals surface area contributed by atoms with Crippen molar-refractivity contribution < 1.29 is 13.9 Å². The molecule has 1 saturated heterocycles. The highest BCUT2D eigenvalue weighted by Crippen LogP contribution is 2.27. The van der Waals surface area contributed by atoms with Gasteiger partial charge in [-0.3, -0.25) is 0 Å². The first-order valence-electron chi connectivity index (χ1n) is 7.26. The molecule has 1 N–H and O–H groups in total. The number of halogens is 2. The lowest BCUT2D eigenvalue weighted by atomic mass is 9.85. The standard InChI is InChI=1S/C16H23F2NO/c1-12(2)11-19-5-3-16(20,4-6-19)10-13-7-14(17)9-15(18)8-13/h7-9,12,20H,3-6,10-11H2,1-2H3. The highest BCUT2D eigenvalue weighted by Gasteiger charge is 2.32. The summed E-state index contributed by atoms with van der Waals surface area (Å²) in [6.07, 6.45) is 1.62. The van der Waals surface area contributed by atoms with Crippen molar-refractivity contribution in [1.29, 1.82) is 0 Å². The lowest BCUT2D eigenvalue weighted by Gasteiger charge is -2.39. The minimum Gasteiger partial charge on any atom is -0.389 e. The van der Waals surface area contributed by atoms with E-state index in [0.29, 0.717) is 30.7 Å². The Labute approximate surface area is 119 Å². The number of benzene rings is 1. The Kier molecular flexibility index (Phi) is 4.76. The molecule has 1 aromatic rings. The van der Waals surface area contributed by atoms with Crippen LogP contribution in [0.3, 0.4) is 0 Å². The van der Waals surface area contributed by atoms with Gasteiger partial charge in [0.05, 0.1) is 5.60 Å². The van der Waals surface area contributed by atoms with E-state index in [2.05, 4.69) is 18.7 Å². The van der Waals surface area contributed by atoms with Gasteiger partial charge < -0.3 is 10.0 Å². The first-order chi connectivity index (χ1) is 9.36. The molecule has 0 amide bonds. The molecule has 0 aliphatic carbocycles. The van der Waals surface area contributed by atoms with E-state index in [9.17, 15) is 13.9 Å². The van der Waals surface area contributed by atoms with Crippen LogP contribution in [0.2, 0.25) is 0 Å². The van der Waals surface area contributed by atoms with E-state index < -0.39 is 17.2 Å². The molecular formula is C16H23F2NO. The molecule has 2 rings (SSSR count). The molecule has 0 unspecified atom stereocenters. The predicted octanol–water partition coefficient (Wildman–Crippen LogP) is 2.99. The average Bonchev–Trinajstić information content (AvgIpc) is 2.30. The Morgan fingerprint density at radius 2 is 1.70 bits per heavy atom. The molecule has 1 fully saturated rings. The lowest BCUT2D eigenvalue weighted by Crippen LogP contribution is -2.46. The topological polar surface area (TPSA) is 23.5 Å². The third-order valence-electron chi connectivity index (χ3n) is 3.87. The summed E-state index contributed by atoms with van der Waals surface area (Å²) in [6, 6.07) is 3.47. The van der Waals surface area contributed by atoms with Gasteiger partial charge in [0.15, 0.2) is 0 Å². The number of nitrogens with zero attached hydrogens (tertiary/aromatic N) is 1. The normalized spacial score (nSPS) is 19.5. The van der Waals surface area contributed by atoms with Gasteiger partial charge in [-0.15, -0.1) is 0 Å². The van der Waals surface area contributed by atoms with Crippen LogP contribution in [-0.4, -0.2) is 35.2 Å². The Morgan fingerprint density at radius 1 is 1.15 bits per heavy atom. The van der Waals surface area contributed by atoms with Gasteiger partial charge in [-0.05, 0) is 36.5 Å². The summed E-state index contributed by atoms with van der Waals surface area (Å²) in [6.45, 7) is 7.07. The lowest BCUT2D eigenvalue weighted by molar-refractivity contribution is -0.0227. The van der Waals surface area contributed by atoms with E-state index >= 15 is 0 Å². The maximum atomic E-state index is 13.2. The van der Waals surface area contributed by atoms with Crippen molar-refractivity contribution in [3.05, 3.63) is 35.4 Å². The SMILES string of the molecule is CC(C)CN1CCC(O)(Cc2cc(F)cc(F)c2)CC1. The molecule has 1 aliphatic heterocycles. The molecule has 1 heterocycles. The first kappa shape index (κ1) is 15.4. The largest absolute Gasteiger partial charge is 0.389 e. The number of aliphatic hydroxyl groups is 1. The van der Waals surface area contributed by atoms with Crippen LogP contribution in [0.4, 0.5) is 8.78 Å². The number of hydrogen-bond acceptors (Lipinski definition) is 2. The summed E-state index contributed by atoms with van der Waals surface area (Å²) in [5.74, 6) is -0.555. The fraction of sp³-hybridized carbons (Fsp3) is 0.625. The zero-order chi connectivity index (χ0) is 14.8. The zero-order valence-corrected chi connectivity index (χ0v) is 12.2. The van der Waals surface area contributed by atoms with Crippen molar-refractivity contribution in [3.63, 3.8) is 0 Å². The quantitative estimate of drug-likeness (QED) is 0.918. The van der Waals surface area contributed by atoms with Crippen molar-refractivity contribution in [2.75, 3.05) is 19.6 Å². The van der Waals surface area contributed by atoms with Crippen LogP contribution in [0.15, 0.2) is 18.2 Å². The minimum absolute atomic E-state index is 0.317. The fourth-order valence-electron chi connectivity index (χ4n) is 2.94. The molecule has 0 atom stereocenters. The molecule has 0 saturated carbocycles. The first-order valence-corrected chi connectivity index (χ1v) is 7.26. The van der Waals surface area contributed by atoms with Crippen LogP contribution in [0.5, 0.6) is 0 Å². The van der Waals surface area contributed by atoms with Crippen molar-refractivity contribution >= 4 is 0 Å². The van der Waals surface area contributed by atoms with E-state index in [0.717, 1.165) is 25.7 Å². The predicted molar refractivity (Wildman–Crippen MR) is 75.5 cm³/mol. The minimum atomic E-state index is -0.840. The van der Waals surface area contributed by atoms with Crippen LogP contribution in [0.25, 0.3) is 0 Å². The van der Waals surface area contributed by atoms with Crippen molar-refractivity contribution in [1.82, 2.24) is 4.90 Å².